The molecule has 68 valence electrons. The lowest BCUT2D eigenvalue weighted by Gasteiger charge is -1.99. The number of aryl methyl sites for hydroxylation is 1. The fraction of sp³-hybridized carbons (Fsp3) is 0.500. The monoisotopic (exact) mass is 177 g/mol. The predicted octanol–water partition coefficient (Wildman–Crippen LogP) is 0.414. The van der Waals surface area contributed by atoms with Crippen LogP contribution in [0, 0.1) is 0 Å². The lowest BCUT2D eigenvalue weighted by atomic mass is 10.4. The van der Waals surface area contributed by atoms with Crippen molar-refractivity contribution in [3.05, 3.63) is 16.6 Å². The summed E-state index contributed by atoms with van der Waals surface area (Å²) in [7, 11) is 0. The molecule has 4 nitrogen and oxygen atoms in total. The number of nitrogens with one attached hydrogen (secondary N) is 1. The van der Waals surface area contributed by atoms with E-state index in [1.807, 2.05) is 0 Å². The molecule has 0 amide bonds. The summed E-state index contributed by atoms with van der Waals surface area (Å²) in [5.74, 6) is 0. The van der Waals surface area contributed by atoms with Gasteiger partial charge in [-0.05, 0) is 0 Å². The Morgan fingerprint density at radius 2 is 2.33 bits per heavy atom. The summed E-state index contributed by atoms with van der Waals surface area (Å²) in [5, 5.41) is 2.47. The van der Waals surface area contributed by atoms with E-state index in [9.17, 15) is 13.6 Å². The van der Waals surface area contributed by atoms with Gasteiger partial charge >= 0.3 is 0 Å². The molecule has 0 fully saturated rings. The van der Waals surface area contributed by atoms with Crippen LogP contribution in [0.5, 0.6) is 0 Å². The molecule has 1 heterocycles. The number of nitrogens with two attached hydrogens (primary N) is 1. The Kier molecular flexibility index (Phi) is 2.47. The highest BCUT2D eigenvalue weighted by molar-refractivity contribution is 5.30. The Morgan fingerprint density at radius 1 is 1.67 bits per heavy atom. The third-order valence-corrected chi connectivity index (χ3v) is 1.44. The number of aromatic nitrogens is 2. The molecule has 0 saturated heterocycles. The number of alkyl halides is 2. The van der Waals surface area contributed by atoms with Gasteiger partial charge in [0.1, 0.15) is 5.69 Å². The van der Waals surface area contributed by atoms with Gasteiger partial charge in [-0.2, -0.15) is 0 Å². The number of nitrogens with zero attached hydrogens (tertiary/aromatic N) is 1. The van der Waals surface area contributed by atoms with E-state index >= 15 is 0 Å². The van der Waals surface area contributed by atoms with Gasteiger partial charge in [0.2, 0.25) is 6.43 Å². The molecule has 0 aromatic carbocycles. The Bertz CT molecular complexity index is 304. The summed E-state index contributed by atoms with van der Waals surface area (Å²) < 4.78 is 24.5. The van der Waals surface area contributed by atoms with Crippen LogP contribution in [0.2, 0.25) is 0 Å². The van der Waals surface area contributed by atoms with E-state index in [0.717, 1.165) is 4.68 Å². The zero-order valence-corrected chi connectivity index (χ0v) is 6.26. The maximum atomic E-state index is 11.7. The van der Waals surface area contributed by atoms with Crippen molar-refractivity contribution >= 4 is 5.69 Å². The van der Waals surface area contributed by atoms with Crippen molar-refractivity contribution in [1.82, 2.24) is 9.78 Å². The van der Waals surface area contributed by atoms with E-state index in [2.05, 4.69) is 5.10 Å². The molecule has 0 spiro atoms. The number of rotatable bonds is 3. The summed E-state index contributed by atoms with van der Waals surface area (Å²) in [6.07, 6.45) is -1.46. The molecule has 3 N–H and O–H groups in total. The van der Waals surface area contributed by atoms with Crippen LogP contribution >= 0.6 is 0 Å². The standard InChI is InChI=1S/C6H9F2N3O/c7-5(8)1-2-11-6(12)4(9)3-10-11/h3,5,10H,1-2,9H2. The van der Waals surface area contributed by atoms with Crippen molar-refractivity contribution in [1.29, 1.82) is 0 Å². The van der Waals surface area contributed by atoms with Crippen molar-refractivity contribution in [3.8, 4) is 0 Å². The zero-order valence-electron chi connectivity index (χ0n) is 6.26. The summed E-state index contributed by atoms with van der Waals surface area (Å²) >= 11 is 0. The van der Waals surface area contributed by atoms with E-state index in [4.69, 9.17) is 5.73 Å². The second kappa shape index (κ2) is 3.38. The van der Waals surface area contributed by atoms with E-state index in [0.29, 0.717) is 0 Å². The molecular formula is C6H9F2N3O. The average molecular weight is 177 g/mol. The molecule has 0 aliphatic carbocycles. The SMILES string of the molecule is Nc1c[nH]n(CCC(F)F)c1=O. The fourth-order valence-electron chi connectivity index (χ4n) is 0.816. The molecule has 12 heavy (non-hydrogen) atoms. The fourth-order valence-corrected chi connectivity index (χ4v) is 0.816. The second-order valence-electron chi connectivity index (χ2n) is 2.37. The molecule has 0 bridgehead atoms. The van der Waals surface area contributed by atoms with Crippen LogP contribution in [0.4, 0.5) is 14.5 Å². The Morgan fingerprint density at radius 3 is 2.75 bits per heavy atom. The average Bonchev–Trinajstić information content (AvgIpc) is 2.30. The summed E-state index contributed by atoms with van der Waals surface area (Å²) in [6, 6.07) is 0. The first kappa shape index (κ1) is 8.76. The summed E-state index contributed by atoms with van der Waals surface area (Å²) in [6.45, 7) is -0.0340. The van der Waals surface area contributed by atoms with Gasteiger partial charge in [0.25, 0.3) is 5.56 Å². The lowest BCUT2D eigenvalue weighted by molar-refractivity contribution is 0.129. The normalized spacial score (nSPS) is 10.9. The molecule has 6 heteroatoms. The van der Waals surface area contributed by atoms with E-state index in [-0.39, 0.29) is 18.7 Å². The van der Waals surface area contributed by atoms with Crippen LogP contribution < -0.4 is 11.3 Å². The van der Waals surface area contributed by atoms with E-state index < -0.39 is 12.0 Å². The topological polar surface area (TPSA) is 63.8 Å². The highest BCUT2D eigenvalue weighted by atomic mass is 19.3. The van der Waals surface area contributed by atoms with Gasteiger partial charge in [-0.1, -0.05) is 0 Å². The molecule has 1 aromatic heterocycles. The van der Waals surface area contributed by atoms with Gasteiger partial charge < -0.3 is 10.8 Å². The minimum atomic E-state index is -2.40. The zero-order chi connectivity index (χ0) is 9.14. The maximum Gasteiger partial charge on any atom is 0.289 e. The maximum absolute atomic E-state index is 11.7. The summed E-state index contributed by atoms with van der Waals surface area (Å²) in [5.41, 5.74) is 4.79. The Balaban J connectivity index is 2.64. The van der Waals surface area contributed by atoms with Crippen LogP contribution in [0.1, 0.15) is 6.42 Å². The third kappa shape index (κ3) is 1.84. The number of hydrogen-bond acceptors (Lipinski definition) is 2. The number of hydrogen-bond donors (Lipinski definition) is 2. The molecule has 0 unspecified atom stereocenters. The highest BCUT2D eigenvalue weighted by Crippen LogP contribution is 2.00. The minimum absolute atomic E-state index is 0.0340. The number of halogens is 2. The quantitative estimate of drug-likeness (QED) is 0.702. The first-order chi connectivity index (χ1) is 5.61. The van der Waals surface area contributed by atoms with Crippen LogP contribution in [-0.4, -0.2) is 16.2 Å². The largest absolute Gasteiger partial charge is 0.393 e. The van der Waals surface area contributed by atoms with Gasteiger partial charge in [0.15, 0.2) is 0 Å². The Hall–Kier alpha value is -1.33. The summed E-state index contributed by atoms with van der Waals surface area (Å²) in [4.78, 5) is 10.9. The van der Waals surface area contributed by atoms with Gasteiger partial charge in [0, 0.05) is 19.2 Å². The van der Waals surface area contributed by atoms with Crippen molar-refractivity contribution in [2.24, 2.45) is 0 Å². The van der Waals surface area contributed by atoms with Crippen LogP contribution in [0.3, 0.4) is 0 Å². The molecule has 0 aliphatic heterocycles. The van der Waals surface area contributed by atoms with E-state index in [1.54, 1.807) is 0 Å². The Labute approximate surface area is 67.0 Å². The lowest BCUT2D eigenvalue weighted by Crippen LogP contribution is -2.19. The van der Waals surface area contributed by atoms with Crippen molar-refractivity contribution in [2.75, 3.05) is 5.73 Å². The van der Waals surface area contributed by atoms with Crippen molar-refractivity contribution in [3.63, 3.8) is 0 Å². The van der Waals surface area contributed by atoms with Crippen LogP contribution in [-0.2, 0) is 6.54 Å². The number of anilines is 1. The first-order valence-corrected chi connectivity index (χ1v) is 3.43. The van der Waals surface area contributed by atoms with Gasteiger partial charge in [0.05, 0.1) is 0 Å². The second-order valence-corrected chi connectivity index (χ2v) is 2.37. The third-order valence-electron chi connectivity index (χ3n) is 1.44. The predicted molar refractivity (Wildman–Crippen MR) is 40.1 cm³/mol. The van der Waals surface area contributed by atoms with Gasteiger partial charge in [-0.15, -0.1) is 0 Å². The number of nitrogen functional groups attached to an aromatic ring is 1. The van der Waals surface area contributed by atoms with Gasteiger partial charge in [-0.25, -0.2) is 8.78 Å². The number of aromatic amines is 1. The smallest absolute Gasteiger partial charge is 0.289 e. The van der Waals surface area contributed by atoms with Crippen LogP contribution in [0.25, 0.3) is 0 Å². The van der Waals surface area contributed by atoms with Crippen molar-refractivity contribution < 1.29 is 8.78 Å². The minimum Gasteiger partial charge on any atom is -0.393 e. The molecule has 0 radical (unpaired) electrons. The van der Waals surface area contributed by atoms with E-state index in [1.165, 1.54) is 6.20 Å². The van der Waals surface area contributed by atoms with Gasteiger partial charge in [-0.3, -0.25) is 9.48 Å². The molecule has 0 aliphatic rings. The molecule has 1 aromatic rings. The molecule has 0 atom stereocenters. The van der Waals surface area contributed by atoms with Crippen LogP contribution in [0.15, 0.2) is 11.0 Å². The highest BCUT2D eigenvalue weighted by Gasteiger charge is 2.05. The molecular weight excluding hydrogens is 168 g/mol. The molecule has 0 saturated carbocycles. The van der Waals surface area contributed by atoms with Crippen molar-refractivity contribution in [2.45, 2.75) is 19.4 Å². The first-order valence-electron chi connectivity index (χ1n) is 3.43. The molecule has 1 rings (SSSR count). The number of H-pyrrole nitrogens is 1.